The number of ether oxygens (including phenoxy) is 1. The zero-order chi connectivity index (χ0) is 19.3. The number of amides is 1. The third kappa shape index (κ3) is 4.45. The summed E-state index contributed by atoms with van der Waals surface area (Å²) >= 11 is 0. The predicted octanol–water partition coefficient (Wildman–Crippen LogP) is 3.42. The molecule has 1 aliphatic rings. The molecule has 0 bridgehead atoms. The van der Waals surface area contributed by atoms with Crippen molar-refractivity contribution in [2.45, 2.75) is 37.6 Å². The zero-order valence-electron chi connectivity index (χ0n) is 14.9. The molecule has 0 atom stereocenters. The van der Waals surface area contributed by atoms with Crippen molar-refractivity contribution in [3.8, 4) is 5.75 Å². The van der Waals surface area contributed by atoms with Gasteiger partial charge in [-0.3, -0.25) is 4.79 Å². The van der Waals surface area contributed by atoms with Crippen LogP contribution in [0.5, 0.6) is 5.75 Å². The Balaban J connectivity index is 1.70. The van der Waals surface area contributed by atoms with Gasteiger partial charge in [-0.05, 0) is 48.2 Å². The van der Waals surface area contributed by atoms with Gasteiger partial charge in [-0.15, -0.1) is 0 Å². The van der Waals surface area contributed by atoms with E-state index in [2.05, 4.69) is 5.32 Å². The average molecular weight is 371 g/mol. The van der Waals surface area contributed by atoms with Crippen LogP contribution in [-0.2, 0) is 21.5 Å². The second-order valence-electron chi connectivity index (χ2n) is 6.81. The highest BCUT2D eigenvalue weighted by atomic mass is 19.1. The molecule has 0 aromatic heterocycles. The molecule has 2 aromatic rings. The fraction of sp³-hybridized carbons (Fsp3) is 0.333. The van der Waals surface area contributed by atoms with Crippen molar-refractivity contribution in [2.24, 2.45) is 0 Å². The number of carbonyl (C=O) groups is 2. The summed E-state index contributed by atoms with van der Waals surface area (Å²) in [6.07, 6.45) is 3.26. The lowest BCUT2D eigenvalue weighted by atomic mass is 9.78. The Morgan fingerprint density at radius 2 is 1.85 bits per heavy atom. The normalized spacial score (nSPS) is 15.3. The summed E-state index contributed by atoms with van der Waals surface area (Å²) < 4.78 is 18.9. The molecule has 0 saturated heterocycles. The van der Waals surface area contributed by atoms with E-state index in [4.69, 9.17) is 9.84 Å². The molecule has 2 N–H and O–H groups in total. The Morgan fingerprint density at radius 1 is 1.11 bits per heavy atom. The largest absolute Gasteiger partial charge is 0.482 e. The molecule has 1 saturated carbocycles. The van der Waals surface area contributed by atoms with Gasteiger partial charge >= 0.3 is 5.97 Å². The van der Waals surface area contributed by atoms with E-state index in [1.54, 1.807) is 24.3 Å². The highest BCUT2D eigenvalue weighted by molar-refractivity contribution is 5.88. The maximum absolute atomic E-state index is 13.7. The van der Waals surface area contributed by atoms with Crippen molar-refractivity contribution in [2.75, 3.05) is 6.61 Å². The second-order valence-corrected chi connectivity index (χ2v) is 6.81. The van der Waals surface area contributed by atoms with Gasteiger partial charge in [0.05, 0.1) is 5.41 Å². The Labute approximate surface area is 157 Å². The van der Waals surface area contributed by atoms with Crippen LogP contribution in [0.2, 0.25) is 0 Å². The number of carboxylic acids is 1. The summed E-state index contributed by atoms with van der Waals surface area (Å²) in [5.41, 5.74) is 0.828. The van der Waals surface area contributed by atoms with Crippen LogP contribution < -0.4 is 10.1 Å². The van der Waals surface area contributed by atoms with Gasteiger partial charge in [-0.25, -0.2) is 9.18 Å². The zero-order valence-corrected chi connectivity index (χ0v) is 14.9. The molecular weight excluding hydrogens is 349 g/mol. The van der Waals surface area contributed by atoms with Crippen LogP contribution in [0.4, 0.5) is 4.39 Å². The summed E-state index contributed by atoms with van der Waals surface area (Å²) in [5, 5.41) is 11.6. The van der Waals surface area contributed by atoms with E-state index in [0.717, 1.165) is 24.0 Å². The van der Waals surface area contributed by atoms with Crippen LogP contribution in [-0.4, -0.2) is 23.6 Å². The van der Waals surface area contributed by atoms with E-state index in [1.165, 1.54) is 12.1 Å². The van der Waals surface area contributed by atoms with Crippen LogP contribution in [0.15, 0.2) is 48.5 Å². The second kappa shape index (κ2) is 8.20. The molecule has 0 unspecified atom stereocenters. The molecule has 142 valence electrons. The number of halogens is 1. The number of rotatable bonds is 7. The summed E-state index contributed by atoms with van der Waals surface area (Å²) in [4.78, 5) is 23.6. The van der Waals surface area contributed by atoms with E-state index >= 15 is 0 Å². The van der Waals surface area contributed by atoms with Gasteiger partial charge in [0.2, 0.25) is 5.91 Å². The highest BCUT2D eigenvalue weighted by Crippen LogP contribution is 2.41. The number of hydrogen-bond donors (Lipinski definition) is 2. The number of nitrogens with one attached hydrogen (secondary N) is 1. The van der Waals surface area contributed by atoms with Crippen LogP contribution >= 0.6 is 0 Å². The van der Waals surface area contributed by atoms with E-state index < -0.39 is 18.0 Å². The van der Waals surface area contributed by atoms with Crippen molar-refractivity contribution in [3.63, 3.8) is 0 Å². The molecule has 5 nitrogen and oxygen atoms in total. The first-order chi connectivity index (χ1) is 13.0. The van der Waals surface area contributed by atoms with Crippen molar-refractivity contribution < 1.29 is 23.8 Å². The van der Waals surface area contributed by atoms with Gasteiger partial charge in [0, 0.05) is 6.54 Å². The molecule has 0 heterocycles. The Hall–Kier alpha value is -2.89. The molecule has 0 spiro atoms. The van der Waals surface area contributed by atoms with Crippen molar-refractivity contribution >= 4 is 11.9 Å². The minimum Gasteiger partial charge on any atom is -0.482 e. The maximum Gasteiger partial charge on any atom is 0.341 e. The smallest absolute Gasteiger partial charge is 0.341 e. The number of benzene rings is 2. The fourth-order valence-corrected chi connectivity index (χ4v) is 3.65. The Morgan fingerprint density at radius 3 is 2.56 bits per heavy atom. The van der Waals surface area contributed by atoms with E-state index in [-0.39, 0.29) is 11.7 Å². The lowest BCUT2D eigenvalue weighted by Crippen LogP contribution is -2.42. The van der Waals surface area contributed by atoms with Gasteiger partial charge in [0.15, 0.2) is 6.61 Å². The molecule has 1 amide bonds. The Bertz CT molecular complexity index is 830. The summed E-state index contributed by atoms with van der Waals surface area (Å²) in [6, 6.07) is 13.2. The molecule has 1 aliphatic carbocycles. The van der Waals surface area contributed by atoms with Crippen LogP contribution in [0.3, 0.4) is 0 Å². The van der Waals surface area contributed by atoms with Crippen molar-refractivity contribution in [1.82, 2.24) is 5.32 Å². The standard InChI is InChI=1S/C21H22FNO4/c22-17-7-4-6-16(12-17)21(9-1-2-10-21)20(26)23-13-15-5-3-8-18(11-15)27-14-19(24)25/h3-8,11-12H,1-2,9-10,13-14H2,(H,23,26)(H,24,25). The molecule has 0 aliphatic heterocycles. The molecule has 1 fully saturated rings. The van der Waals surface area contributed by atoms with Gasteiger partial charge in [-0.1, -0.05) is 37.1 Å². The summed E-state index contributed by atoms with van der Waals surface area (Å²) in [6.45, 7) is -0.126. The van der Waals surface area contributed by atoms with Crippen molar-refractivity contribution in [1.29, 1.82) is 0 Å². The van der Waals surface area contributed by atoms with Crippen LogP contribution in [0.1, 0.15) is 36.8 Å². The third-order valence-electron chi connectivity index (χ3n) is 4.98. The van der Waals surface area contributed by atoms with Gasteiger partial charge in [0.25, 0.3) is 0 Å². The molecule has 3 rings (SSSR count). The Kier molecular flexibility index (Phi) is 5.74. The van der Waals surface area contributed by atoms with Gasteiger partial charge in [0.1, 0.15) is 11.6 Å². The molecule has 27 heavy (non-hydrogen) atoms. The highest BCUT2D eigenvalue weighted by Gasteiger charge is 2.42. The minimum absolute atomic E-state index is 0.109. The minimum atomic E-state index is -1.05. The SMILES string of the molecule is O=C(O)COc1cccc(CNC(=O)C2(c3cccc(F)c3)CCCC2)c1. The molecule has 6 heteroatoms. The van der Waals surface area contributed by atoms with E-state index in [9.17, 15) is 14.0 Å². The average Bonchev–Trinajstić information content (AvgIpc) is 3.16. The lowest BCUT2D eigenvalue weighted by molar-refractivity contribution is -0.139. The van der Waals surface area contributed by atoms with Crippen LogP contribution in [0.25, 0.3) is 0 Å². The first-order valence-corrected chi connectivity index (χ1v) is 8.97. The third-order valence-corrected chi connectivity index (χ3v) is 4.98. The number of aliphatic carboxylic acids is 1. The predicted molar refractivity (Wildman–Crippen MR) is 98.0 cm³/mol. The van der Waals surface area contributed by atoms with E-state index in [1.807, 2.05) is 12.1 Å². The maximum atomic E-state index is 13.7. The quantitative estimate of drug-likeness (QED) is 0.782. The first kappa shape index (κ1) is 18.9. The topological polar surface area (TPSA) is 75.6 Å². The van der Waals surface area contributed by atoms with Gasteiger partial charge in [-0.2, -0.15) is 0 Å². The lowest BCUT2D eigenvalue weighted by Gasteiger charge is -2.28. The summed E-state index contributed by atoms with van der Waals surface area (Å²) in [5.74, 6) is -1.06. The molecular formula is C21H22FNO4. The number of carbonyl (C=O) groups excluding carboxylic acids is 1. The van der Waals surface area contributed by atoms with Gasteiger partial charge < -0.3 is 15.2 Å². The number of hydrogen-bond acceptors (Lipinski definition) is 3. The first-order valence-electron chi connectivity index (χ1n) is 8.97. The molecule has 2 aromatic carbocycles. The van der Waals surface area contributed by atoms with E-state index in [0.29, 0.717) is 25.1 Å². The monoisotopic (exact) mass is 371 g/mol. The molecule has 0 radical (unpaired) electrons. The van der Waals surface area contributed by atoms with Crippen molar-refractivity contribution in [3.05, 3.63) is 65.5 Å². The number of carboxylic acid groups (broad SMARTS) is 1. The fourth-order valence-electron chi connectivity index (χ4n) is 3.65. The summed E-state index contributed by atoms with van der Waals surface area (Å²) in [7, 11) is 0. The van der Waals surface area contributed by atoms with Crippen LogP contribution in [0, 0.1) is 5.82 Å².